The summed E-state index contributed by atoms with van der Waals surface area (Å²) in [5.41, 5.74) is 4.48. The highest BCUT2D eigenvalue weighted by atomic mass is 35.5. The van der Waals surface area contributed by atoms with Crippen molar-refractivity contribution in [2.75, 3.05) is 10.6 Å². The fraction of sp³-hybridized carbons (Fsp3) is 0.320. The van der Waals surface area contributed by atoms with Gasteiger partial charge in [0.05, 0.1) is 28.4 Å². The van der Waals surface area contributed by atoms with Gasteiger partial charge in [-0.05, 0) is 42.9 Å². The molecule has 0 amide bonds. The fourth-order valence-electron chi connectivity index (χ4n) is 4.45. The molecule has 8 heteroatoms. The number of nitrogens with one attached hydrogen (secondary N) is 2. The molecule has 172 valence electrons. The van der Waals surface area contributed by atoms with E-state index in [0.29, 0.717) is 35.1 Å². The topological polar surface area (TPSA) is 46.2 Å². The highest BCUT2D eigenvalue weighted by Crippen LogP contribution is 2.40. The van der Waals surface area contributed by atoms with E-state index < -0.39 is 18.4 Å². The van der Waals surface area contributed by atoms with Crippen molar-refractivity contribution in [2.45, 2.75) is 44.3 Å². The molecule has 0 bridgehead atoms. The van der Waals surface area contributed by atoms with Gasteiger partial charge in [-0.3, -0.25) is 0 Å². The molecule has 1 aromatic heterocycles. The molecule has 33 heavy (non-hydrogen) atoms. The van der Waals surface area contributed by atoms with Gasteiger partial charge in [-0.15, -0.1) is 0 Å². The molecule has 1 atom stereocenters. The van der Waals surface area contributed by atoms with Crippen LogP contribution in [0.4, 0.5) is 24.7 Å². The van der Waals surface area contributed by atoms with Crippen LogP contribution in [0.3, 0.4) is 0 Å². The first-order valence-electron chi connectivity index (χ1n) is 11.0. The Morgan fingerprint density at radius 1 is 0.848 bits per heavy atom. The fourth-order valence-corrected chi connectivity index (χ4v) is 4.71. The summed E-state index contributed by atoms with van der Waals surface area (Å²) in [7, 11) is 0. The van der Waals surface area contributed by atoms with Gasteiger partial charge in [-0.25, -0.2) is 4.98 Å². The molecule has 5 rings (SSSR count). The molecule has 4 nitrogen and oxygen atoms in total. The summed E-state index contributed by atoms with van der Waals surface area (Å²) in [6, 6.07) is 19.9. The quantitative estimate of drug-likeness (QED) is 0.416. The standard InChI is InChI=1S/C25H23ClF3N3O/c26-20-14-21-23(32-24(30-21)33-19-12-10-18(11-13-19)25(27,28)29)31-22(20)17-8-6-16(7-9-17)15-4-2-1-3-5-15/h1-9,14,18-19,24,30H,10-13H2,(H,31,32)/t18-,19-,24?. The lowest BCUT2D eigenvalue weighted by Gasteiger charge is -2.31. The predicted octanol–water partition coefficient (Wildman–Crippen LogP) is 7.33. The van der Waals surface area contributed by atoms with E-state index in [-0.39, 0.29) is 18.9 Å². The summed E-state index contributed by atoms with van der Waals surface area (Å²) in [4.78, 5) is 4.68. The number of aromatic nitrogens is 1. The average Bonchev–Trinajstić information content (AvgIpc) is 3.20. The minimum absolute atomic E-state index is 0.0983. The molecule has 2 heterocycles. The summed E-state index contributed by atoms with van der Waals surface area (Å²) in [5.74, 6) is -0.620. The van der Waals surface area contributed by atoms with E-state index in [1.54, 1.807) is 6.07 Å². The average molecular weight is 474 g/mol. The third-order valence-corrected chi connectivity index (χ3v) is 6.55. The van der Waals surface area contributed by atoms with E-state index in [0.717, 1.165) is 16.7 Å². The second-order valence-corrected chi connectivity index (χ2v) is 8.89. The number of rotatable bonds is 4. The summed E-state index contributed by atoms with van der Waals surface area (Å²) in [6.07, 6.45) is -3.94. The van der Waals surface area contributed by atoms with Crippen LogP contribution in [0.1, 0.15) is 25.7 Å². The molecule has 0 radical (unpaired) electrons. The second kappa shape index (κ2) is 8.88. The molecule has 1 unspecified atom stereocenters. The van der Waals surface area contributed by atoms with Gasteiger partial charge in [0.2, 0.25) is 6.35 Å². The van der Waals surface area contributed by atoms with Gasteiger partial charge in [-0.2, -0.15) is 13.2 Å². The number of ether oxygens (including phenoxy) is 1. The van der Waals surface area contributed by atoms with Crippen molar-refractivity contribution in [3.05, 3.63) is 65.7 Å². The zero-order valence-electron chi connectivity index (χ0n) is 17.7. The lowest BCUT2D eigenvalue weighted by molar-refractivity contribution is -0.188. The predicted molar refractivity (Wildman–Crippen MR) is 124 cm³/mol. The van der Waals surface area contributed by atoms with Crippen LogP contribution in [-0.2, 0) is 4.74 Å². The third kappa shape index (κ3) is 4.80. The second-order valence-electron chi connectivity index (χ2n) is 8.48. The Morgan fingerprint density at radius 3 is 2.15 bits per heavy atom. The van der Waals surface area contributed by atoms with Crippen LogP contribution in [-0.4, -0.2) is 23.6 Å². The number of halogens is 4. The monoisotopic (exact) mass is 473 g/mol. The number of hydrogen-bond acceptors (Lipinski definition) is 4. The molecule has 1 aliphatic heterocycles. The van der Waals surface area contributed by atoms with Crippen LogP contribution in [0.2, 0.25) is 5.02 Å². The molecule has 0 saturated heterocycles. The SMILES string of the molecule is FC(F)(F)[C@H]1CC[C@H](OC2Nc3cc(Cl)c(-c4ccc(-c5ccccc5)cc4)nc3N2)CC1. The van der Waals surface area contributed by atoms with Crippen molar-refractivity contribution in [1.82, 2.24) is 4.98 Å². The molecule has 2 aromatic carbocycles. The van der Waals surface area contributed by atoms with Crippen LogP contribution < -0.4 is 10.6 Å². The Labute approximate surface area is 195 Å². The number of pyridine rings is 1. The minimum Gasteiger partial charge on any atom is -0.340 e. The Kier molecular flexibility index (Phi) is 5.93. The number of nitrogens with zero attached hydrogens (tertiary/aromatic N) is 1. The maximum Gasteiger partial charge on any atom is 0.391 e. The molecule has 2 aliphatic rings. The van der Waals surface area contributed by atoms with E-state index in [1.807, 2.05) is 42.5 Å². The van der Waals surface area contributed by atoms with E-state index in [4.69, 9.17) is 16.3 Å². The maximum atomic E-state index is 12.9. The lowest BCUT2D eigenvalue weighted by atomic mass is 9.87. The van der Waals surface area contributed by atoms with Gasteiger partial charge in [0.1, 0.15) is 0 Å². The summed E-state index contributed by atoms with van der Waals surface area (Å²) >= 11 is 6.52. The van der Waals surface area contributed by atoms with E-state index in [9.17, 15) is 13.2 Å². The van der Waals surface area contributed by atoms with Crippen LogP contribution in [0.15, 0.2) is 60.7 Å². The van der Waals surface area contributed by atoms with Crippen LogP contribution in [0.25, 0.3) is 22.4 Å². The van der Waals surface area contributed by atoms with Crippen molar-refractivity contribution >= 4 is 23.1 Å². The number of alkyl halides is 3. The number of hydrogen-bond donors (Lipinski definition) is 2. The Balaban J connectivity index is 1.26. The Hall–Kier alpha value is -2.77. The Morgan fingerprint density at radius 2 is 1.48 bits per heavy atom. The van der Waals surface area contributed by atoms with Gasteiger partial charge < -0.3 is 15.4 Å². The molecule has 2 N–H and O–H groups in total. The van der Waals surface area contributed by atoms with Crippen molar-refractivity contribution in [1.29, 1.82) is 0 Å². The Bertz CT molecular complexity index is 1110. The van der Waals surface area contributed by atoms with Gasteiger partial charge >= 0.3 is 6.18 Å². The molecule has 0 spiro atoms. The van der Waals surface area contributed by atoms with Gasteiger partial charge in [0.25, 0.3) is 0 Å². The number of fused-ring (bicyclic) bond motifs is 1. The first kappa shape index (κ1) is 22.0. The molecule has 1 saturated carbocycles. The van der Waals surface area contributed by atoms with E-state index >= 15 is 0 Å². The summed E-state index contributed by atoms with van der Waals surface area (Å²) < 4.78 is 44.6. The molecule has 3 aromatic rings. The highest BCUT2D eigenvalue weighted by molar-refractivity contribution is 6.33. The minimum atomic E-state index is -4.12. The molecular formula is C25H23ClF3N3O. The van der Waals surface area contributed by atoms with Crippen LogP contribution >= 0.6 is 11.6 Å². The largest absolute Gasteiger partial charge is 0.391 e. The molecule has 1 fully saturated rings. The number of anilines is 2. The zero-order valence-corrected chi connectivity index (χ0v) is 18.5. The van der Waals surface area contributed by atoms with E-state index in [1.165, 1.54) is 0 Å². The maximum absolute atomic E-state index is 12.9. The molecular weight excluding hydrogens is 451 g/mol. The van der Waals surface area contributed by atoms with Crippen molar-refractivity contribution in [3.63, 3.8) is 0 Å². The van der Waals surface area contributed by atoms with Crippen molar-refractivity contribution < 1.29 is 17.9 Å². The third-order valence-electron chi connectivity index (χ3n) is 6.26. The number of benzene rings is 2. The zero-order chi connectivity index (χ0) is 23.0. The summed E-state index contributed by atoms with van der Waals surface area (Å²) in [5, 5.41) is 6.85. The van der Waals surface area contributed by atoms with Gasteiger partial charge in [0, 0.05) is 5.56 Å². The summed E-state index contributed by atoms with van der Waals surface area (Å²) in [6.45, 7) is 0. The highest BCUT2D eigenvalue weighted by Gasteiger charge is 2.42. The van der Waals surface area contributed by atoms with Gasteiger partial charge in [-0.1, -0.05) is 66.2 Å². The van der Waals surface area contributed by atoms with Crippen LogP contribution in [0, 0.1) is 5.92 Å². The van der Waals surface area contributed by atoms with Crippen LogP contribution in [0.5, 0.6) is 0 Å². The first-order chi connectivity index (χ1) is 15.9. The van der Waals surface area contributed by atoms with Crippen molar-refractivity contribution in [3.8, 4) is 22.4 Å². The van der Waals surface area contributed by atoms with Crippen molar-refractivity contribution in [2.24, 2.45) is 5.92 Å². The van der Waals surface area contributed by atoms with E-state index in [2.05, 4.69) is 27.8 Å². The van der Waals surface area contributed by atoms with Gasteiger partial charge in [0.15, 0.2) is 5.82 Å². The molecule has 1 aliphatic carbocycles. The first-order valence-corrected chi connectivity index (χ1v) is 11.4. The normalized spacial score (nSPS) is 22.4. The smallest absolute Gasteiger partial charge is 0.340 e. The lowest BCUT2D eigenvalue weighted by Crippen LogP contribution is -2.36.